The van der Waals surface area contributed by atoms with Gasteiger partial charge >= 0.3 is 19.5 Å². The molecule has 1 heterocycles. The van der Waals surface area contributed by atoms with E-state index < -0.39 is 65.7 Å². The highest BCUT2D eigenvalue weighted by Crippen LogP contribution is 2.38. The van der Waals surface area contributed by atoms with Gasteiger partial charge in [-0.15, -0.1) is 0 Å². The molecule has 1 atom stereocenters. The molecule has 190 valence electrons. The first kappa shape index (κ1) is 27.5. The number of aliphatic carboxylic acids is 1. The number of anilines is 1. The minimum absolute atomic E-state index is 0.0804. The molecular weight excluding hydrogens is 500 g/mol. The molecule has 0 radical (unpaired) electrons. The number of hydrogen-bond acceptors (Lipinski definition) is 11. The largest absolute Gasteiger partial charge is 0.506 e. The summed E-state index contributed by atoms with van der Waals surface area (Å²) >= 11 is 0. The van der Waals surface area contributed by atoms with Crippen molar-refractivity contribution in [3.8, 4) is 5.75 Å². The average Bonchev–Trinajstić information content (AvgIpc) is 2.73. The predicted molar refractivity (Wildman–Crippen MR) is 114 cm³/mol. The van der Waals surface area contributed by atoms with Crippen LogP contribution in [0, 0.1) is 33.0 Å². The highest BCUT2D eigenvalue weighted by molar-refractivity contribution is 7.46. The summed E-state index contributed by atoms with van der Waals surface area (Å²) in [6, 6.07) is -0.814. The lowest BCUT2D eigenvalue weighted by molar-refractivity contribution is -0.395. The fourth-order valence-corrected chi connectivity index (χ4v) is 3.15. The fourth-order valence-electron chi connectivity index (χ4n) is 2.85. The van der Waals surface area contributed by atoms with Gasteiger partial charge in [-0.05, 0) is 6.92 Å². The number of benzene rings is 1. The summed E-state index contributed by atoms with van der Waals surface area (Å²) in [6.07, 6.45) is 1.19. The van der Waals surface area contributed by atoms with Gasteiger partial charge in [0.2, 0.25) is 5.82 Å². The summed E-state index contributed by atoms with van der Waals surface area (Å²) in [6.45, 7) is 0.106. The average molecular weight is 519 g/mol. The van der Waals surface area contributed by atoms with Crippen LogP contribution < -0.4 is 10.6 Å². The summed E-state index contributed by atoms with van der Waals surface area (Å²) in [5.74, 6) is -3.30. The summed E-state index contributed by atoms with van der Waals surface area (Å²) in [5.41, 5.74) is -2.39. The number of nitro groups is 2. The quantitative estimate of drug-likeness (QED) is 0.131. The molecule has 2 aromatic rings. The van der Waals surface area contributed by atoms with E-state index >= 15 is 0 Å². The van der Waals surface area contributed by atoms with E-state index in [9.17, 15) is 44.2 Å². The Labute approximate surface area is 194 Å². The third-order valence-electron chi connectivity index (χ3n) is 4.56. The lowest BCUT2D eigenvalue weighted by atomic mass is 10.1. The molecule has 0 aliphatic carbocycles. The number of nitrogens with zero attached hydrogens (tertiary/aromatic N) is 3. The molecule has 18 heteroatoms. The van der Waals surface area contributed by atoms with Crippen molar-refractivity contribution in [1.82, 2.24) is 10.3 Å². The summed E-state index contributed by atoms with van der Waals surface area (Å²) in [5, 5.41) is 46.7. The Bertz CT molecular complexity index is 1210. The summed E-state index contributed by atoms with van der Waals surface area (Å²) in [7, 11) is -4.84. The first-order chi connectivity index (χ1) is 16.2. The number of carbonyl (C=O) groups is 1. The van der Waals surface area contributed by atoms with Crippen molar-refractivity contribution < 1.29 is 48.1 Å². The number of phosphoric ester groups is 1. The number of nitrogens with one attached hydrogen (secondary N) is 2. The van der Waals surface area contributed by atoms with Crippen molar-refractivity contribution in [3.63, 3.8) is 0 Å². The number of nitro benzene ring substituents is 2. The molecule has 0 unspecified atom stereocenters. The van der Waals surface area contributed by atoms with Gasteiger partial charge in [-0.2, -0.15) is 4.39 Å². The molecule has 0 saturated heterocycles. The van der Waals surface area contributed by atoms with Gasteiger partial charge in [-0.3, -0.25) is 29.7 Å². The van der Waals surface area contributed by atoms with Gasteiger partial charge in [0.1, 0.15) is 17.5 Å². The van der Waals surface area contributed by atoms with E-state index in [4.69, 9.17) is 9.79 Å². The molecule has 35 heavy (non-hydrogen) atoms. The predicted octanol–water partition coefficient (Wildman–Crippen LogP) is 1.32. The number of aromatic nitrogens is 1. The maximum Gasteiger partial charge on any atom is 0.469 e. The summed E-state index contributed by atoms with van der Waals surface area (Å²) in [4.78, 5) is 53.1. The Hall–Kier alpha value is -3.76. The zero-order valence-electron chi connectivity index (χ0n) is 17.7. The van der Waals surface area contributed by atoms with Crippen LogP contribution in [0.4, 0.5) is 21.5 Å². The topological polar surface area (TPSA) is 248 Å². The van der Waals surface area contributed by atoms with E-state index in [0.717, 1.165) is 0 Å². The number of carboxylic acid groups (broad SMARTS) is 1. The van der Waals surface area contributed by atoms with E-state index in [1.807, 2.05) is 0 Å². The van der Waals surface area contributed by atoms with E-state index in [0.29, 0.717) is 12.1 Å². The van der Waals surface area contributed by atoms with Gasteiger partial charge in [-0.25, -0.2) is 9.36 Å². The van der Waals surface area contributed by atoms with Crippen LogP contribution in [-0.4, -0.2) is 53.4 Å². The molecule has 1 aromatic heterocycles. The maximum absolute atomic E-state index is 14.0. The van der Waals surface area contributed by atoms with Crippen LogP contribution >= 0.6 is 7.82 Å². The monoisotopic (exact) mass is 519 g/mol. The first-order valence-corrected chi connectivity index (χ1v) is 10.9. The minimum atomic E-state index is -4.84. The normalized spacial score (nSPS) is 12.2. The van der Waals surface area contributed by atoms with Crippen molar-refractivity contribution >= 4 is 30.9 Å². The highest BCUT2D eigenvalue weighted by Gasteiger charge is 2.28. The smallest absolute Gasteiger partial charge is 0.469 e. The number of hydrogen-bond donors (Lipinski definition) is 6. The van der Waals surface area contributed by atoms with Crippen LogP contribution in [-0.2, 0) is 27.0 Å². The molecule has 0 spiro atoms. The van der Waals surface area contributed by atoms with Gasteiger partial charge in [0.05, 0.1) is 28.2 Å². The van der Waals surface area contributed by atoms with Crippen LogP contribution in [0.1, 0.15) is 16.8 Å². The summed E-state index contributed by atoms with van der Waals surface area (Å²) < 4.78 is 29.4. The zero-order valence-corrected chi connectivity index (χ0v) is 18.6. The second-order valence-corrected chi connectivity index (χ2v) is 8.20. The van der Waals surface area contributed by atoms with Crippen LogP contribution in [0.15, 0.2) is 18.3 Å². The number of aryl methyl sites for hydroxylation is 1. The van der Waals surface area contributed by atoms with Crippen molar-refractivity contribution in [1.29, 1.82) is 0 Å². The van der Waals surface area contributed by atoms with Crippen LogP contribution in [0.2, 0.25) is 0 Å². The van der Waals surface area contributed by atoms with Gasteiger partial charge in [0.15, 0.2) is 0 Å². The molecule has 0 saturated carbocycles. The van der Waals surface area contributed by atoms with Crippen molar-refractivity contribution in [2.24, 2.45) is 0 Å². The van der Waals surface area contributed by atoms with E-state index in [-0.39, 0.29) is 29.1 Å². The van der Waals surface area contributed by atoms with Gasteiger partial charge in [0, 0.05) is 36.5 Å². The molecule has 0 aliphatic rings. The number of aromatic hydroxyl groups is 1. The Balaban J connectivity index is 2.23. The number of pyridine rings is 1. The Kier molecular flexibility index (Phi) is 8.72. The highest BCUT2D eigenvalue weighted by atomic mass is 31.2. The van der Waals surface area contributed by atoms with Gasteiger partial charge in [0.25, 0.3) is 5.69 Å². The van der Waals surface area contributed by atoms with Crippen molar-refractivity contribution in [2.45, 2.75) is 26.1 Å². The molecular formula is C17H19FN5O11P. The second kappa shape index (κ2) is 11.1. The number of rotatable bonds is 12. The standard InChI is InChI=1S/C17H19FN5O11P/c1-8-16(24)10(9(4-20-8)7-34-35(31,32)33)5-19-6-13(17(25)26)21-12-2-11(18)14(22(27)28)3-15(12)23(29)30/h2-4,13,19,21,24H,5-7H2,1H3,(H,25,26)(H2,31,32,33)/t13-/m0/s1. The molecule has 2 rings (SSSR count). The van der Waals surface area contributed by atoms with Crippen LogP contribution in [0.3, 0.4) is 0 Å². The Morgan fingerprint density at radius 3 is 2.43 bits per heavy atom. The van der Waals surface area contributed by atoms with E-state index in [1.54, 1.807) is 0 Å². The Morgan fingerprint density at radius 2 is 1.89 bits per heavy atom. The molecule has 0 bridgehead atoms. The van der Waals surface area contributed by atoms with E-state index in [2.05, 4.69) is 20.1 Å². The third kappa shape index (κ3) is 7.36. The molecule has 0 fully saturated rings. The van der Waals surface area contributed by atoms with Gasteiger partial charge < -0.3 is 30.6 Å². The minimum Gasteiger partial charge on any atom is -0.506 e. The Morgan fingerprint density at radius 1 is 1.26 bits per heavy atom. The third-order valence-corrected chi connectivity index (χ3v) is 5.02. The lowest BCUT2D eigenvalue weighted by Gasteiger charge is -2.18. The molecule has 16 nitrogen and oxygen atoms in total. The zero-order chi connectivity index (χ0) is 26.5. The number of phosphoric acid groups is 1. The van der Waals surface area contributed by atoms with E-state index in [1.165, 1.54) is 13.1 Å². The number of carboxylic acids is 1. The lowest BCUT2D eigenvalue weighted by Crippen LogP contribution is -2.39. The maximum atomic E-state index is 14.0. The van der Waals surface area contributed by atoms with Crippen molar-refractivity contribution in [2.75, 3.05) is 11.9 Å². The number of halogens is 1. The second-order valence-electron chi connectivity index (χ2n) is 6.96. The van der Waals surface area contributed by atoms with Crippen LogP contribution in [0.5, 0.6) is 5.75 Å². The molecule has 0 amide bonds. The van der Waals surface area contributed by atoms with Gasteiger partial charge in [-0.1, -0.05) is 0 Å². The molecule has 0 aliphatic heterocycles. The molecule has 1 aromatic carbocycles. The fraction of sp³-hybridized carbons (Fsp3) is 0.294. The van der Waals surface area contributed by atoms with Crippen LogP contribution in [0.25, 0.3) is 0 Å². The first-order valence-electron chi connectivity index (χ1n) is 9.40. The van der Waals surface area contributed by atoms with Crippen molar-refractivity contribution in [3.05, 3.63) is 61.2 Å². The molecule has 6 N–H and O–H groups in total. The SMILES string of the molecule is Cc1ncc(COP(=O)(O)O)c(CNC[C@H](Nc2cc(F)c([N+](=O)[O-])cc2[N+](=O)[O-])C(=O)O)c1O.